The Labute approximate surface area is 123 Å². The fourth-order valence-corrected chi connectivity index (χ4v) is 3.89. The van der Waals surface area contributed by atoms with Crippen LogP contribution in [-0.4, -0.2) is 46.7 Å². The number of thiazole rings is 1. The van der Waals surface area contributed by atoms with Crippen LogP contribution in [0, 0.1) is 0 Å². The SMILES string of the molecule is CCN(CC)CCSc1nc2sccn2c1CNC. The molecular formula is C13H22N4S2. The van der Waals surface area contributed by atoms with E-state index < -0.39 is 0 Å². The fraction of sp³-hybridized carbons (Fsp3) is 0.615. The van der Waals surface area contributed by atoms with E-state index >= 15 is 0 Å². The third-order valence-electron chi connectivity index (χ3n) is 3.21. The van der Waals surface area contributed by atoms with Gasteiger partial charge >= 0.3 is 0 Å². The summed E-state index contributed by atoms with van der Waals surface area (Å²) in [5.41, 5.74) is 1.28. The molecule has 19 heavy (non-hydrogen) atoms. The molecule has 0 saturated heterocycles. The van der Waals surface area contributed by atoms with Crippen LogP contribution in [0.15, 0.2) is 16.6 Å². The summed E-state index contributed by atoms with van der Waals surface area (Å²) in [6.07, 6.45) is 2.11. The van der Waals surface area contributed by atoms with E-state index in [-0.39, 0.29) is 0 Å². The summed E-state index contributed by atoms with van der Waals surface area (Å²) in [6.45, 7) is 8.67. The molecule has 2 rings (SSSR count). The van der Waals surface area contributed by atoms with Crippen molar-refractivity contribution in [2.75, 3.05) is 32.4 Å². The van der Waals surface area contributed by atoms with Crippen molar-refractivity contribution in [1.82, 2.24) is 19.6 Å². The number of rotatable bonds is 8. The number of thioether (sulfide) groups is 1. The van der Waals surface area contributed by atoms with Gasteiger partial charge in [0.2, 0.25) is 0 Å². The van der Waals surface area contributed by atoms with E-state index in [2.05, 4.69) is 40.0 Å². The summed E-state index contributed by atoms with van der Waals surface area (Å²) >= 11 is 3.57. The largest absolute Gasteiger partial charge is 0.314 e. The normalized spacial score (nSPS) is 11.8. The van der Waals surface area contributed by atoms with E-state index in [1.54, 1.807) is 11.3 Å². The molecule has 0 saturated carbocycles. The van der Waals surface area contributed by atoms with Crippen molar-refractivity contribution in [3.05, 3.63) is 17.3 Å². The molecule has 0 aliphatic carbocycles. The Morgan fingerprint density at radius 1 is 1.42 bits per heavy atom. The number of aromatic nitrogens is 2. The number of hydrogen-bond donors (Lipinski definition) is 1. The minimum Gasteiger partial charge on any atom is -0.314 e. The predicted molar refractivity (Wildman–Crippen MR) is 84.3 cm³/mol. The Morgan fingerprint density at radius 3 is 2.89 bits per heavy atom. The van der Waals surface area contributed by atoms with Crippen LogP contribution in [0.2, 0.25) is 0 Å². The molecule has 6 heteroatoms. The zero-order chi connectivity index (χ0) is 13.7. The molecule has 2 aromatic rings. The highest BCUT2D eigenvalue weighted by atomic mass is 32.2. The van der Waals surface area contributed by atoms with Crippen molar-refractivity contribution in [3.8, 4) is 0 Å². The van der Waals surface area contributed by atoms with Crippen LogP contribution < -0.4 is 5.32 Å². The number of fused-ring (bicyclic) bond motifs is 1. The first-order valence-electron chi connectivity index (χ1n) is 6.74. The Kier molecular flexibility index (Phi) is 5.69. The van der Waals surface area contributed by atoms with E-state index in [4.69, 9.17) is 4.98 Å². The van der Waals surface area contributed by atoms with Gasteiger partial charge in [-0.1, -0.05) is 13.8 Å². The molecule has 2 heterocycles. The third kappa shape index (κ3) is 3.51. The van der Waals surface area contributed by atoms with Crippen LogP contribution in [0.4, 0.5) is 0 Å². The molecule has 0 fully saturated rings. The second kappa shape index (κ2) is 7.28. The maximum Gasteiger partial charge on any atom is 0.194 e. The highest BCUT2D eigenvalue weighted by molar-refractivity contribution is 7.99. The lowest BCUT2D eigenvalue weighted by Crippen LogP contribution is -2.25. The molecule has 0 bridgehead atoms. The van der Waals surface area contributed by atoms with Gasteiger partial charge in [-0.3, -0.25) is 4.40 Å². The fourth-order valence-electron chi connectivity index (χ4n) is 2.07. The van der Waals surface area contributed by atoms with Gasteiger partial charge in [-0.15, -0.1) is 23.1 Å². The standard InChI is InChI=1S/C13H22N4S2/c1-4-16(5-2)6-8-18-12-11(10-14-3)17-7-9-19-13(17)15-12/h7,9,14H,4-6,8,10H2,1-3H3. The Bertz CT molecular complexity index is 502. The summed E-state index contributed by atoms with van der Waals surface area (Å²) in [6, 6.07) is 0. The second-order valence-corrected chi connectivity index (χ2v) is 6.28. The zero-order valence-electron chi connectivity index (χ0n) is 11.8. The maximum atomic E-state index is 4.73. The van der Waals surface area contributed by atoms with Gasteiger partial charge in [0, 0.05) is 30.4 Å². The summed E-state index contributed by atoms with van der Waals surface area (Å²) in [4.78, 5) is 8.27. The Hall–Kier alpha value is -0.560. The number of hydrogen-bond acceptors (Lipinski definition) is 5. The van der Waals surface area contributed by atoms with Crippen LogP contribution >= 0.6 is 23.1 Å². The van der Waals surface area contributed by atoms with Crippen LogP contribution in [0.3, 0.4) is 0 Å². The molecule has 106 valence electrons. The molecule has 0 unspecified atom stereocenters. The topological polar surface area (TPSA) is 32.6 Å². The number of nitrogens with one attached hydrogen (secondary N) is 1. The Morgan fingerprint density at radius 2 is 2.21 bits per heavy atom. The van der Waals surface area contributed by atoms with Crippen molar-refractivity contribution < 1.29 is 0 Å². The molecule has 1 N–H and O–H groups in total. The average Bonchev–Trinajstić information content (AvgIpc) is 2.98. The van der Waals surface area contributed by atoms with Gasteiger partial charge < -0.3 is 10.2 Å². The molecule has 2 aromatic heterocycles. The van der Waals surface area contributed by atoms with Gasteiger partial charge in [-0.25, -0.2) is 4.98 Å². The highest BCUT2D eigenvalue weighted by Gasteiger charge is 2.13. The quantitative estimate of drug-likeness (QED) is 0.759. The van der Waals surface area contributed by atoms with Crippen LogP contribution in [0.5, 0.6) is 0 Å². The van der Waals surface area contributed by atoms with Gasteiger partial charge in [0.05, 0.1) is 5.69 Å². The summed E-state index contributed by atoms with van der Waals surface area (Å²) in [7, 11) is 1.98. The van der Waals surface area contributed by atoms with Crippen molar-refractivity contribution in [1.29, 1.82) is 0 Å². The van der Waals surface area contributed by atoms with Gasteiger partial charge in [0.25, 0.3) is 0 Å². The summed E-state index contributed by atoms with van der Waals surface area (Å²) in [5.74, 6) is 1.10. The molecule has 0 spiro atoms. The van der Waals surface area contributed by atoms with Crippen LogP contribution in [0.1, 0.15) is 19.5 Å². The lowest BCUT2D eigenvalue weighted by molar-refractivity contribution is 0.324. The predicted octanol–water partition coefficient (Wildman–Crippen LogP) is 2.55. The van der Waals surface area contributed by atoms with Crippen molar-refractivity contribution in [2.45, 2.75) is 25.4 Å². The average molecular weight is 298 g/mol. The molecule has 0 atom stereocenters. The first-order chi connectivity index (χ1) is 9.30. The van der Waals surface area contributed by atoms with Crippen molar-refractivity contribution in [2.24, 2.45) is 0 Å². The molecule has 0 aliphatic rings. The lowest BCUT2D eigenvalue weighted by Gasteiger charge is -2.17. The summed E-state index contributed by atoms with van der Waals surface area (Å²) < 4.78 is 2.20. The van der Waals surface area contributed by atoms with E-state index in [0.29, 0.717) is 0 Å². The Balaban J connectivity index is 2.03. The minimum atomic E-state index is 0.867. The first kappa shape index (κ1) is 14.8. The summed E-state index contributed by atoms with van der Waals surface area (Å²) in [5, 5.41) is 6.50. The highest BCUT2D eigenvalue weighted by Crippen LogP contribution is 2.25. The smallest absolute Gasteiger partial charge is 0.194 e. The number of imidazole rings is 1. The molecule has 4 nitrogen and oxygen atoms in total. The molecule has 0 aromatic carbocycles. The van der Waals surface area contributed by atoms with E-state index in [0.717, 1.165) is 36.9 Å². The first-order valence-corrected chi connectivity index (χ1v) is 8.60. The number of nitrogens with zero attached hydrogens (tertiary/aromatic N) is 3. The van der Waals surface area contributed by atoms with E-state index in [9.17, 15) is 0 Å². The monoisotopic (exact) mass is 298 g/mol. The lowest BCUT2D eigenvalue weighted by atomic mass is 10.5. The molecular weight excluding hydrogens is 276 g/mol. The zero-order valence-corrected chi connectivity index (χ0v) is 13.5. The second-order valence-electron chi connectivity index (χ2n) is 4.32. The van der Waals surface area contributed by atoms with Crippen molar-refractivity contribution in [3.63, 3.8) is 0 Å². The van der Waals surface area contributed by atoms with E-state index in [1.807, 2.05) is 18.8 Å². The van der Waals surface area contributed by atoms with Gasteiger partial charge in [0.1, 0.15) is 5.03 Å². The maximum absolute atomic E-state index is 4.73. The minimum absolute atomic E-state index is 0.867. The van der Waals surface area contributed by atoms with Crippen LogP contribution in [-0.2, 0) is 6.54 Å². The van der Waals surface area contributed by atoms with Crippen LogP contribution in [0.25, 0.3) is 4.96 Å². The van der Waals surface area contributed by atoms with Gasteiger partial charge in [0.15, 0.2) is 4.96 Å². The molecule has 0 amide bonds. The van der Waals surface area contributed by atoms with Gasteiger partial charge in [-0.05, 0) is 20.1 Å². The van der Waals surface area contributed by atoms with Gasteiger partial charge in [-0.2, -0.15) is 0 Å². The third-order valence-corrected chi connectivity index (χ3v) is 4.95. The molecule has 0 aliphatic heterocycles. The van der Waals surface area contributed by atoms with E-state index in [1.165, 1.54) is 10.7 Å². The van der Waals surface area contributed by atoms with Crippen molar-refractivity contribution >= 4 is 28.1 Å². The molecule has 0 radical (unpaired) electrons.